The molecular formula is C16H21N3O2. The van der Waals surface area contributed by atoms with Crippen LogP contribution in [0.1, 0.15) is 22.8 Å². The first kappa shape index (κ1) is 14.1. The lowest BCUT2D eigenvalue weighted by atomic mass is 10.1. The van der Waals surface area contributed by atoms with Crippen molar-refractivity contribution in [1.82, 2.24) is 14.8 Å². The Bertz CT molecular complexity index is 657. The fourth-order valence-electron chi connectivity index (χ4n) is 3.00. The summed E-state index contributed by atoms with van der Waals surface area (Å²) in [6.45, 7) is 8.06. The average molecular weight is 287 g/mol. The van der Waals surface area contributed by atoms with Gasteiger partial charge in [-0.15, -0.1) is 0 Å². The van der Waals surface area contributed by atoms with Crippen LogP contribution in [0.3, 0.4) is 0 Å². The van der Waals surface area contributed by atoms with E-state index in [4.69, 9.17) is 5.11 Å². The molecule has 2 aromatic rings. The number of carboxylic acid groups (broad SMARTS) is 1. The van der Waals surface area contributed by atoms with Crippen LogP contribution in [0.4, 0.5) is 0 Å². The Labute approximate surface area is 124 Å². The van der Waals surface area contributed by atoms with Crippen molar-refractivity contribution >= 4 is 16.9 Å². The summed E-state index contributed by atoms with van der Waals surface area (Å²) in [7, 11) is 0. The van der Waals surface area contributed by atoms with E-state index in [1.54, 1.807) is 12.1 Å². The van der Waals surface area contributed by atoms with Gasteiger partial charge in [-0.05, 0) is 24.6 Å². The molecule has 1 saturated heterocycles. The number of aryl methyl sites for hydroxylation is 1. The van der Waals surface area contributed by atoms with E-state index in [0.717, 1.165) is 44.8 Å². The molecule has 0 radical (unpaired) electrons. The molecule has 0 saturated carbocycles. The molecule has 1 aromatic carbocycles. The van der Waals surface area contributed by atoms with Gasteiger partial charge in [0, 0.05) is 56.4 Å². The molecule has 0 amide bonds. The zero-order valence-electron chi connectivity index (χ0n) is 12.3. The maximum Gasteiger partial charge on any atom is 0.335 e. The van der Waals surface area contributed by atoms with Gasteiger partial charge in [0.1, 0.15) is 0 Å². The predicted octanol–water partition coefficient (Wildman–Crippen LogP) is 1.76. The quantitative estimate of drug-likeness (QED) is 0.900. The molecule has 1 aliphatic rings. The van der Waals surface area contributed by atoms with E-state index in [9.17, 15) is 4.79 Å². The summed E-state index contributed by atoms with van der Waals surface area (Å²) in [6.07, 6.45) is 2.17. The highest BCUT2D eigenvalue weighted by molar-refractivity contribution is 5.94. The van der Waals surface area contributed by atoms with E-state index in [2.05, 4.69) is 27.9 Å². The predicted molar refractivity (Wildman–Crippen MR) is 82.7 cm³/mol. The number of benzene rings is 1. The Morgan fingerprint density at radius 1 is 1.33 bits per heavy atom. The summed E-state index contributed by atoms with van der Waals surface area (Å²) in [5.41, 5.74) is 2.65. The maximum absolute atomic E-state index is 11.1. The molecule has 1 fully saturated rings. The molecule has 2 N–H and O–H groups in total. The van der Waals surface area contributed by atoms with Crippen LogP contribution in [-0.4, -0.2) is 46.7 Å². The summed E-state index contributed by atoms with van der Waals surface area (Å²) in [5.74, 6) is -0.871. The van der Waals surface area contributed by atoms with Crippen LogP contribution < -0.4 is 5.32 Å². The normalized spacial score (nSPS) is 16.4. The van der Waals surface area contributed by atoms with Crippen molar-refractivity contribution in [2.24, 2.45) is 0 Å². The van der Waals surface area contributed by atoms with Crippen LogP contribution in [-0.2, 0) is 13.1 Å². The molecule has 0 atom stereocenters. The van der Waals surface area contributed by atoms with Gasteiger partial charge in [-0.3, -0.25) is 4.90 Å². The van der Waals surface area contributed by atoms with Crippen LogP contribution in [0.2, 0.25) is 0 Å². The van der Waals surface area contributed by atoms with Crippen molar-refractivity contribution in [1.29, 1.82) is 0 Å². The van der Waals surface area contributed by atoms with Crippen molar-refractivity contribution in [3.63, 3.8) is 0 Å². The standard InChI is InChI=1S/C16H21N3O2/c1-2-19-11-13(10-18-7-5-17-6-8-18)14-4-3-12(16(20)21)9-15(14)19/h3-4,9,11,17H,2,5-8,10H2,1H3,(H,20,21). The van der Waals surface area contributed by atoms with Gasteiger partial charge < -0.3 is 15.0 Å². The molecule has 2 heterocycles. The molecule has 3 rings (SSSR count). The molecule has 112 valence electrons. The van der Waals surface area contributed by atoms with Crippen molar-refractivity contribution in [3.8, 4) is 0 Å². The molecule has 0 spiro atoms. The summed E-state index contributed by atoms with van der Waals surface area (Å²) in [6, 6.07) is 5.43. The lowest BCUT2D eigenvalue weighted by molar-refractivity contribution is 0.0697. The summed E-state index contributed by atoms with van der Waals surface area (Å²) >= 11 is 0. The fraction of sp³-hybridized carbons (Fsp3) is 0.438. The van der Waals surface area contributed by atoms with E-state index >= 15 is 0 Å². The van der Waals surface area contributed by atoms with Crippen molar-refractivity contribution in [2.75, 3.05) is 26.2 Å². The molecule has 5 heteroatoms. The Hall–Kier alpha value is -1.85. The van der Waals surface area contributed by atoms with Gasteiger partial charge in [-0.2, -0.15) is 0 Å². The minimum absolute atomic E-state index is 0.351. The summed E-state index contributed by atoms with van der Waals surface area (Å²) in [5, 5.41) is 13.7. The first-order chi connectivity index (χ1) is 10.2. The third-order valence-corrected chi connectivity index (χ3v) is 4.16. The van der Waals surface area contributed by atoms with E-state index in [-0.39, 0.29) is 0 Å². The molecule has 1 aromatic heterocycles. The van der Waals surface area contributed by atoms with Gasteiger partial charge in [-0.1, -0.05) is 6.07 Å². The van der Waals surface area contributed by atoms with Crippen molar-refractivity contribution in [3.05, 3.63) is 35.5 Å². The number of carboxylic acids is 1. The number of rotatable bonds is 4. The maximum atomic E-state index is 11.1. The number of piperazine rings is 1. The van der Waals surface area contributed by atoms with Crippen LogP contribution in [0, 0.1) is 0 Å². The molecule has 5 nitrogen and oxygen atoms in total. The van der Waals surface area contributed by atoms with Crippen LogP contribution in [0.25, 0.3) is 10.9 Å². The Morgan fingerprint density at radius 2 is 2.10 bits per heavy atom. The number of hydrogen-bond acceptors (Lipinski definition) is 3. The van der Waals surface area contributed by atoms with Crippen LogP contribution >= 0.6 is 0 Å². The molecule has 1 aliphatic heterocycles. The highest BCUT2D eigenvalue weighted by atomic mass is 16.4. The van der Waals surface area contributed by atoms with E-state index < -0.39 is 5.97 Å². The highest BCUT2D eigenvalue weighted by Gasteiger charge is 2.15. The molecule has 0 bridgehead atoms. The minimum Gasteiger partial charge on any atom is -0.478 e. The zero-order valence-corrected chi connectivity index (χ0v) is 12.3. The molecule has 0 aliphatic carbocycles. The van der Waals surface area contributed by atoms with Gasteiger partial charge in [0.25, 0.3) is 0 Å². The van der Waals surface area contributed by atoms with Gasteiger partial charge >= 0.3 is 5.97 Å². The van der Waals surface area contributed by atoms with Gasteiger partial charge in [0.2, 0.25) is 0 Å². The Morgan fingerprint density at radius 3 is 2.76 bits per heavy atom. The first-order valence-electron chi connectivity index (χ1n) is 7.47. The lowest BCUT2D eigenvalue weighted by Crippen LogP contribution is -2.42. The topological polar surface area (TPSA) is 57.5 Å². The average Bonchev–Trinajstić information content (AvgIpc) is 2.85. The number of carbonyl (C=O) groups is 1. The largest absolute Gasteiger partial charge is 0.478 e. The number of fused-ring (bicyclic) bond motifs is 1. The second-order valence-corrected chi connectivity index (χ2v) is 5.50. The Balaban J connectivity index is 1.96. The third kappa shape index (κ3) is 2.80. The van der Waals surface area contributed by atoms with E-state index in [0.29, 0.717) is 5.56 Å². The highest BCUT2D eigenvalue weighted by Crippen LogP contribution is 2.24. The number of hydrogen-bond donors (Lipinski definition) is 2. The van der Waals surface area contributed by atoms with E-state index in [1.165, 1.54) is 10.9 Å². The molecule has 0 unspecified atom stereocenters. The second kappa shape index (κ2) is 5.87. The lowest BCUT2D eigenvalue weighted by Gasteiger charge is -2.26. The summed E-state index contributed by atoms with van der Waals surface area (Å²) in [4.78, 5) is 13.6. The van der Waals surface area contributed by atoms with Gasteiger partial charge in [0.05, 0.1) is 5.56 Å². The van der Waals surface area contributed by atoms with Gasteiger partial charge in [-0.25, -0.2) is 4.79 Å². The zero-order chi connectivity index (χ0) is 14.8. The monoisotopic (exact) mass is 287 g/mol. The Kier molecular flexibility index (Phi) is 3.94. The van der Waals surface area contributed by atoms with Crippen LogP contribution in [0.5, 0.6) is 0 Å². The first-order valence-corrected chi connectivity index (χ1v) is 7.47. The number of aromatic nitrogens is 1. The number of aromatic carboxylic acids is 1. The van der Waals surface area contributed by atoms with Crippen molar-refractivity contribution in [2.45, 2.75) is 20.0 Å². The van der Waals surface area contributed by atoms with E-state index in [1.807, 2.05) is 6.07 Å². The second-order valence-electron chi connectivity index (χ2n) is 5.50. The number of nitrogens with one attached hydrogen (secondary N) is 1. The van der Waals surface area contributed by atoms with Gasteiger partial charge in [0.15, 0.2) is 0 Å². The molecule has 21 heavy (non-hydrogen) atoms. The smallest absolute Gasteiger partial charge is 0.335 e. The number of nitrogens with zero attached hydrogens (tertiary/aromatic N) is 2. The minimum atomic E-state index is -0.871. The van der Waals surface area contributed by atoms with Crippen molar-refractivity contribution < 1.29 is 9.90 Å². The fourth-order valence-corrected chi connectivity index (χ4v) is 3.00. The third-order valence-electron chi connectivity index (χ3n) is 4.16. The summed E-state index contributed by atoms with van der Waals surface area (Å²) < 4.78 is 2.14. The molecular weight excluding hydrogens is 266 g/mol. The van der Waals surface area contributed by atoms with Crippen LogP contribution in [0.15, 0.2) is 24.4 Å². The SMILES string of the molecule is CCn1cc(CN2CCNCC2)c2ccc(C(=O)O)cc21.